The van der Waals surface area contributed by atoms with Gasteiger partial charge in [-0.15, -0.1) is 0 Å². The van der Waals surface area contributed by atoms with E-state index >= 15 is 0 Å². The van der Waals surface area contributed by atoms with Gasteiger partial charge in [0.05, 0.1) is 10.5 Å². The SMILES string of the molecule is Cc1ccc(NC(=O)c2cccc([N+](=O)[O-])c2NN)nc1. The number of hydrazine groups is 1. The van der Waals surface area contributed by atoms with E-state index in [9.17, 15) is 14.9 Å². The summed E-state index contributed by atoms with van der Waals surface area (Å²) in [4.78, 5) is 26.5. The molecule has 0 saturated carbocycles. The molecule has 1 heterocycles. The van der Waals surface area contributed by atoms with E-state index in [2.05, 4.69) is 15.7 Å². The number of hydrogen-bond donors (Lipinski definition) is 3. The van der Waals surface area contributed by atoms with Crippen LogP contribution in [0.3, 0.4) is 0 Å². The summed E-state index contributed by atoms with van der Waals surface area (Å²) in [6.45, 7) is 1.87. The lowest BCUT2D eigenvalue weighted by Gasteiger charge is -2.09. The Kier molecular flexibility index (Phi) is 4.10. The van der Waals surface area contributed by atoms with Gasteiger partial charge in [-0.3, -0.25) is 20.8 Å². The maximum atomic E-state index is 12.2. The van der Waals surface area contributed by atoms with Gasteiger partial charge in [-0.25, -0.2) is 4.98 Å². The number of amides is 1. The van der Waals surface area contributed by atoms with Gasteiger partial charge < -0.3 is 10.7 Å². The number of nitrogen functional groups attached to an aromatic ring is 1. The molecule has 0 saturated heterocycles. The molecule has 0 unspecified atom stereocenters. The Morgan fingerprint density at radius 3 is 2.67 bits per heavy atom. The van der Waals surface area contributed by atoms with Crippen molar-refractivity contribution >= 4 is 23.1 Å². The van der Waals surface area contributed by atoms with Gasteiger partial charge in [0.1, 0.15) is 11.5 Å². The molecule has 0 spiro atoms. The number of nitro groups is 1. The molecule has 2 rings (SSSR count). The number of nitro benzene ring substituents is 1. The van der Waals surface area contributed by atoms with E-state index in [0.717, 1.165) is 5.56 Å². The number of carbonyl (C=O) groups excluding carboxylic acids is 1. The van der Waals surface area contributed by atoms with Gasteiger partial charge in [-0.05, 0) is 24.6 Å². The van der Waals surface area contributed by atoms with Gasteiger partial charge in [0.15, 0.2) is 0 Å². The number of nitrogens with zero attached hydrogens (tertiary/aromatic N) is 2. The summed E-state index contributed by atoms with van der Waals surface area (Å²) in [5, 5.41) is 13.5. The minimum Gasteiger partial charge on any atom is -0.318 e. The second-order valence-electron chi connectivity index (χ2n) is 4.28. The number of nitrogens with one attached hydrogen (secondary N) is 2. The molecule has 8 nitrogen and oxygen atoms in total. The molecule has 0 bridgehead atoms. The Hall–Kier alpha value is -3.00. The van der Waals surface area contributed by atoms with Crippen LogP contribution in [0.4, 0.5) is 17.2 Å². The molecule has 0 aliphatic carbocycles. The highest BCUT2D eigenvalue weighted by Crippen LogP contribution is 2.27. The normalized spacial score (nSPS) is 10.0. The molecule has 21 heavy (non-hydrogen) atoms. The lowest BCUT2D eigenvalue weighted by Crippen LogP contribution is -2.18. The van der Waals surface area contributed by atoms with Crippen molar-refractivity contribution in [1.82, 2.24) is 4.98 Å². The van der Waals surface area contributed by atoms with Crippen molar-refractivity contribution in [2.24, 2.45) is 5.84 Å². The predicted molar refractivity (Wildman–Crippen MR) is 77.8 cm³/mol. The first-order chi connectivity index (χ1) is 10.0. The van der Waals surface area contributed by atoms with E-state index < -0.39 is 10.8 Å². The summed E-state index contributed by atoms with van der Waals surface area (Å²) < 4.78 is 0. The van der Waals surface area contributed by atoms with Crippen LogP contribution in [-0.2, 0) is 0 Å². The molecule has 4 N–H and O–H groups in total. The molecule has 0 aliphatic rings. The largest absolute Gasteiger partial charge is 0.318 e. The number of para-hydroxylation sites is 1. The second kappa shape index (κ2) is 5.97. The number of aryl methyl sites for hydroxylation is 1. The Morgan fingerprint density at radius 2 is 2.10 bits per heavy atom. The van der Waals surface area contributed by atoms with E-state index in [-0.39, 0.29) is 16.9 Å². The number of benzene rings is 1. The van der Waals surface area contributed by atoms with E-state index in [1.54, 1.807) is 18.3 Å². The van der Waals surface area contributed by atoms with Crippen LogP contribution in [0.15, 0.2) is 36.5 Å². The first-order valence-corrected chi connectivity index (χ1v) is 6.01. The topological polar surface area (TPSA) is 123 Å². The van der Waals surface area contributed by atoms with E-state index in [1.165, 1.54) is 18.2 Å². The Morgan fingerprint density at radius 1 is 1.33 bits per heavy atom. The number of rotatable bonds is 4. The Balaban J connectivity index is 2.33. The van der Waals surface area contributed by atoms with Crippen LogP contribution in [0.5, 0.6) is 0 Å². The highest BCUT2D eigenvalue weighted by molar-refractivity contribution is 6.08. The third kappa shape index (κ3) is 3.12. The second-order valence-corrected chi connectivity index (χ2v) is 4.28. The minimum absolute atomic E-state index is 0.0490. The average molecular weight is 287 g/mol. The fourth-order valence-electron chi connectivity index (χ4n) is 1.76. The van der Waals surface area contributed by atoms with Crippen LogP contribution in [0, 0.1) is 17.0 Å². The molecule has 108 valence electrons. The van der Waals surface area contributed by atoms with Crippen molar-refractivity contribution in [2.45, 2.75) is 6.92 Å². The lowest BCUT2D eigenvalue weighted by molar-refractivity contribution is -0.384. The first-order valence-electron chi connectivity index (χ1n) is 6.01. The monoisotopic (exact) mass is 287 g/mol. The minimum atomic E-state index is -0.615. The third-order valence-electron chi connectivity index (χ3n) is 2.78. The van der Waals surface area contributed by atoms with Gasteiger partial charge in [0.25, 0.3) is 11.6 Å². The van der Waals surface area contributed by atoms with Crippen molar-refractivity contribution in [3.63, 3.8) is 0 Å². The predicted octanol–water partition coefficient (Wildman–Crippen LogP) is 1.84. The highest BCUT2D eigenvalue weighted by Gasteiger charge is 2.21. The fourth-order valence-corrected chi connectivity index (χ4v) is 1.76. The molecule has 1 amide bonds. The molecule has 8 heteroatoms. The number of aromatic nitrogens is 1. The molecule has 0 fully saturated rings. The number of pyridine rings is 1. The summed E-state index contributed by atoms with van der Waals surface area (Å²) in [5.41, 5.74) is 2.89. The zero-order valence-electron chi connectivity index (χ0n) is 11.2. The number of carbonyl (C=O) groups is 1. The maximum Gasteiger partial charge on any atom is 0.294 e. The van der Waals surface area contributed by atoms with Crippen LogP contribution in [0.1, 0.15) is 15.9 Å². The zero-order valence-corrected chi connectivity index (χ0v) is 11.2. The summed E-state index contributed by atoms with van der Waals surface area (Å²) in [6, 6.07) is 7.54. The van der Waals surface area contributed by atoms with E-state index in [1.807, 2.05) is 6.92 Å². The molecule has 2 aromatic rings. The summed E-state index contributed by atoms with van der Waals surface area (Å²) in [7, 11) is 0. The Bertz CT molecular complexity index is 685. The van der Waals surface area contributed by atoms with Crippen LogP contribution in [0.2, 0.25) is 0 Å². The number of anilines is 2. The van der Waals surface area contributed by atoms with Gasteiger partial charge in [-0.1, -0.05) is 12.1 Å². The third-order valence-corrected chi connectivity index (χ3v) is 2.78. The molecule has 0 atom stereocenters. The van der Waals surface area contributed by atoms with Gasteiger partial charge >= 0.3 is 0 Å². The summed E-state index contributed by atoms with van der Waals surface area (Å²) >= 11 is 0. The molecule has 1 aromatic carbocycles. The van der Waals surface area contributed by atoms with Crippen molar-refractivity contribution < 1.29 is 9.72 Å². The van der Waals surface area contributed by atoms with Crippen molar-refractivity contribution in [2.75, 3.05) is 10.7 Å². The highest BCUT2D eigenvalue weighted by atomic mass is 16.6. The quantitative estimate of drug-likeness (QED) is 0.448. The van der Waals surface area contributed by atoms with Crippen molar-refractivity contribution in [1.29, 1.82) is 0 Å². The molecule has 0 aliphatic heterocycles. The fraction of sp³-hybridized carbons (Fsp3) is 0.0769. The Labute approximate surface area is 120 Å². The van der Waals surface area contributed by atoms with Gasteiger partial charge in [-0.2, -0.15) is 0 Å². The number of nitrogens with two attached hydrogens (primary N) is 1. The van der Waals surface area contributed by atoms with Crippen LogP contribution >= 0.6 is 0 Å². The molecular formula is C13H13N5O3. The van der Waals surface area contributed by atoms with Crippen molar-refractivity contribution in [3.05, 3.63) is 57.8 Å². The van der Waals surface area contributed by atoms with E-state index in [0.29, 0.717) is 5.82 Å². The van der Waals surface area contributed by atoms with Crippen LogP contribution in [-0.4, -0.2) is 15.8 Å². The molecule has 1 aromatic heterocycles. The first kappa shape index (κ1) is 14.4. The van der Waals surface area contributed by atoms with Gasteiger partial charge in [0.2, 0.25) is 0 Å². The number of hydrogen-bond acceptors (Lipinski definition) is 6. The molecular weight excluding hydrogens is 274 g/mol. The van der Waals surface area contributed by atoms with Crippen LogP contribution in [0.25, 0.3) is 0 Å². The molecule has 0 radical (unpaired) electrons. The average Bonchev–Trinajstić information content (AvgIpc) is 2.48. The van der Waals surface area contributed by atoms with Crippen molar-refractivity contribution in [3.8, 4) is 0 Å². The smallest absolute Gasteiger partial charge is 0.294 e. The standard InChI is InChI=1S/C13H13N5O3/c1-8-5-6-11(15-7-8)16-13(19)9-3-2-4-10(18(20)21)12(9)17-14/h2-7,17H,14H2,1H3,(H,15,16,19). The maximum absolute atomic E-state index is 12.2. The lowest BCUT2D eigenvalue weighted by atomic mass is 10.1. The summed E-state index contributed by atoms with van der Waals surface area (Å²) in [6.07, 6.45) is 1.60. The van der Waals surface area contributed by atoms with Gasteiger partial charge in [0, 0.05) is 12.3 Å². The van der Waals surface area contributed by atoms with Crippen LogP contribution < -0.4 is 16.6 Å². The zero-order chi connectivity index (χ0) is 15.4. The summed E-state index contributed by atoms with van der Waals surface area (Å²) in [5.74, 6) is 5.10. The van der Waals surface area contributed by atoms with E-state index in [4.69, 9.17) is 5.84 Å².